The molecule has 4 aliphatic rings. The maximum atomic E-state index is 12.7. The highest BCUT2D eigenvalue weighted by Gasteiger charge is 2.46. The maximum absolute atomic E-state index is 12.7. The number of nitrogens with zero attached hydrogens (tertiary/aromatic N) is 2. The van der Waals surface area contributed by atoms with E-state index < -0.39 is 0 Å². The molecule has 0 aromatic rings. The van der Waals surface area contributed by atoms with Gasteiger partial charge in [-0.05, 0) is 31.6 Å². The van der Waals surface area contributed by atoms with E-state index in [0.29, 0.717) is 38.7 Å². The third kappa shape index (κ3) is 3.32. The second kappa shape index (κ2) is 7.03. The van der Waals surface area contributed by atoms with Gasteiger partial charge in [-0.1, -0.05) is 25.7 Å². The first-order valence-electron chi connectivity index (χ1n) is 9.93. The number of fused-ring (bicyclic) bond motifs is 2. The van der Waals surface area contributed by atoms with Gasteiger partial charge in [0.2, 0.25) is 11.8 Å². The molecule has 0 radical (unpaired) electrons. The van der Waals surface area contributed by atoms with Crippen molar-refractivity contribution in [1.29, 1.82) is 0 Å². The van der Waals surface area contributed by atoms with Gasteiger partial charge in [0.15, 0.2) is 0 Å². The lowest BCUT2D eigenvalue weighted by Crippen LogP contribution is -2.52. The summed E-state index contributed by atoms with van der Waals surface area (Å²) < 4.78 is 5.82. The van der Waals surface area contributed by atoms with Crippen LogP contribution in [0.25, 0.3) is 0 Å². The van der Waals surface area contributed by atoms with Crippen molar-refractivity contribution >= 4 is 11.8 Å². The highest BCUT2D eigenvalue weighted by Crippen LogP contribution is 2.39. The Balaban J connectivity index is 1.21. The van der Waals surface area contributed by atoms with Crippen molar-refractivity contribution in [2.75, 3.05) is 26.2 Å². The number of rotatable bonds is 4. The largest absolute Gasteiger partial charge is 0.374 e. The van der Waals surface area contributed by atoms with Crippen LogP contribution in [0.2, 0.25) is 0 Å². The van der Waals surface area contributed by atoms with Crippen molar-refractivity contribution < 1.29 is 14.3 Å². The van der Waals surface area contributed by atoms with Crippen LogP contribution in [0, 0.1) is 11.8 Å². The summed E-state index contributed by atoms with van der Waals surface area (Å²) in [7, 11) is 0. The van der Waals surface area contributed by atoms with Crippen molar-refractivity contribution in [3.63, 3.8) is 0 Å². The molecule has 0 N–H and O–H groups in total. The minimum absolute atomic E-state index is 0.0772. The molecular weight excluding hydrogens is 304 g/mol. The number of hydrogen-bond donors (Lipinski definition) is 0. The van der Waals surface area contributed by atoms with Gasteiger partial charge < -0.3 is 14.5 Å². The lowest BCUT2D eigenvalue weighted by atomic mass is 9.88. The Morgan fingerprint density at radius 2 is 1.62 bits per heavy atom. The van der Waals surface area contributed by atoms with Crippen LogP contribution >= 0.6 is 0 Å². The van der Waals surface area contributed by atoms with E-state index in [1.165, 1.54) is 25.7 Å². The summed E-state index contributed by atoms with van der Waals surface area (Å²) in [5, 5.41) is 0. The number of ether oxygens (including phenoxy) is 1. The van der Waals surface area contributed by atoms with E-state index in [-0.39, 0.29) is 23.8 Å². The highest BCUT2D eigenvalue weighted by atomic mass is 16.5. The van der Waals surface area contributed by atoms with E-state index in [0.717, 1.165) is 31.6 Å². The summed E-state index contributed by atoms with van der Waals surface area (Å²) >= 11 is 0. The Hall–Kier alpha value is -1.10. The Morgan fingerprint density at radius 1 is 0.917 bits per heavy atom. The second-order valence-corrected chi connectivity index (χ2v) is 8.11. The SMILES string of the molecule is O=C(CCC1CCCC1)N1CCN(C(=O)C2CC3CCC2O3)CC1. The van der Waals surface area contributed by atoms with Crippen LogP contribution in [0.3, 0.4) is 0 Å². The standard InChI is InChI=1S/C19H30N2O3/c22-18(8-5-14-3-1-2-4-14)20-9-11-21(12-10-20)19(23)16-13-15-6-7-17(16)24-15/h14-17H,1-13H2. The molecule has 2 amide bonds. The fraction of sp³-hybridized carbons (Fsp3) is 0.895. The Bertz CT molecular complexity index is 481. The summed E-state index contributed by atoms with van der Waals surface area (Å²) in [5.74, 6) is 1.40. The number of hydrogen-bond acceptors (Lipinski definition) is 3. The van der Waals surface area contributed by atoms with Crippen LogP contribution in [-0.2, 0) is 14.3 Å². The van der Waals surface area contributed by atoms with E-state index in [1.807, 2.05) is 9.80 Å². The molecule has 24 heavy (non-hydrogen) atoms. The van der Waals surface area contributed by atoms with Crippen LogP contribution in [0.4, 0.5) is 0 Å². The van der Waals surface area contributed by atoms with E-state index in [1.54, 1.807) is 0 Å². The first kappa shape index (κ1) is 16.4. The Kier molecular flexibility index (Phi) is 4.79. The first-order chi connectivity index (χ1) is 11.7. The van der Waals surface area contributed by atoms with Gasteiger partial charge in [-0.3, -0.25) is 9.59 Å². The number of carbonyl (C=O) groups excluding carboxylic acids is 2. The van der Waals surface area contributed by atoms with Crippen LogP contribution < -0.4 is 0 Å². The molecule has 2 bridgehead atoms. The van der Waals surface area contributed by atoms with Crippen LogP contribution in [0.15, 0.2) is 0 Å². The van der Waals surface area contributed by atoms with Crippen LogP contribution in [0.5, 0.6) is 0 Å². The van der Waals surface area contributed by atoms with Gasteiger partial charge in [0.1, 0.15) is 0 Å². The fourth-order valence-electron chi connectivity index (χ4n) is 5.09. The van der Waals surface area contributed by atoms with Gasteiger partial charge in [-0.25, -0.2) is 0 Å². The molecule has 4 rings (SSSR count). The van der Waals surface area contributed by atoms with Crippen LogP contribution in [-0.4, -0.2) is 60.0 Å². The van der Waals surface area contributed by atoms with Crippen molar-refractivity contribution in [1.82, 2.24) is 9.80 Å². The Labute approximate surface area is 144 Å². The maximum Gasteiger partial charge on any atom is 0.228 e. The predicted molar refractivity (Wildman–Crippen MR) is 90.4 cm³/mol. The van der Waals surface area contributed by atoms with Gasteiger partial charge in [-0.2, -0.15) is 0 Å². The highest BCUT2D eigenvalue weighted by molar-refractivity contribution is 5.81. The van der Waals surface area contributed by atoms with Gasteiger partial charge in [0, 0.05) is 32.6 Å². The van der Waals surface area contributed by atoms with Crippen molar-refractivity contribution in [3.8, 4) is 0 Å². The lowest BCUT2D eigenvalue weighted by Gasteiger charge is -2.37. The number of amides is 2. The topological polar surface area (TPSA) is 49.9 Å². The molecule has 5 heteroatoms. The zero-order valence-corrected chi connectivity index (χ0v) is 14.6. The van der Waals surface area contributed by atoms with Gasteiger partial charge in [0.25, 0.3) is 0 Å². The van der Waals surface area contributed by atoms with E-state index in [2.05, 4.69) is 0 Å². The number of piperazine rings is 1. The Morgan fingerprint density at radius 3 is 2.25 bits per heavy atom. The fourth-order valence-corrected chi connectivity index (χ4v) is 5.09. The minimum Gasteiger partial charge on any atom is -0.374 e. The summed E-state index contributed by atoms with van der Waals surface area (Å²) in [6.07, 6.45) is 10.6. The average Bonchev–Trinajstić information content (AvgIpc) is 3.36. The molecule has 134 valence electrons. The van der Waals surface area contributed by atoms with Gasteiger partial charge >= 0.3 is 0 Å². The zero-order valence-electron chi connectivity index (χ0n) is 14.6. The summed E-state index contributed by atoms with van der Waals surface area (Å²) in [6.45, 7) is 2.80. The summed E-state index contributed by atoms with van der Waals surface area (Å²) in [4.78, 5) is 29.0. The molecular formula is C19H30N2O3. The van der Waals surface area contributed by atoms with Crippen molar-refractivity contribution in [2.24, 2.45) is 11.8 Å². The van der Waals surface area contributed by atoms with E-state index >= 15 is 0 Å². The molecule has 3 atom stereocenters. The molecule has 0 aromatic heterocycles. The van der Waals surface area contributed by atoms with E-state index in [4.69, 9.17) is 4.74 Å². The normalized spacial score (nSPS) is 33.4. The molecule has 3 saturated heterocycles. The number of carbonyl (C=O) groups is 2. The lowest BCUT2D eigenvalue weighted by molar-refractivity contribution is -0.143. The molecule has 3 aliphatic heterocycles. The minimum atomic E-state index is 0.0772. The summed E-state index contributed by atoms with van der Waals surface area (Å²) in [5.41, 5.74) is 0. The molecule has 3 heterocycles. The molecule has 3 unspecified atom stereocenters. The van der Waals surface area contributed by atoms with Gasteiger partial charge in [0.05, 0.1) is 18.1 Å². The smallest absolute Gasteiger partial charge is 0.228 e. The summed E-state index contributed by atoms with van der Waals surface area (Å²) in [6, 6.07) is 0. The second-order valence-electron chi connectivity index (χ2n) is 8.11. The predicted octanol–water partition coefficient (Wildman–Crippen LogP) is 2.20. The van der Waals surface area contributed by atoms with Crippen molar-refractivity contribution in [3.05, 3.63) is 0 Å². The van der Waals surface area contributed by atoms with E-state index in [9.17, 15) is 9.59 Å². The molecule has 1 saturated carbocycles. The van der Waals surface area contributed by atoms with Crippen molar-refractivity contribution in [2.45, 2.75) is 70.0 Å². The quantitative estimate of drug-likeness (QED) is 0.792. The van der Waals surface area contributed by atoms with Crippen LogP contribution in [0.1, 0.15) is 57.8 Å². The molecule has 4 fully saturated rings. The molecule has 0 spiro atoms. The zero-order chi connectivity index (χ0) is 16.5. The molecule has 1 aliphatic carbocycles. The third-order valence-electron chi connectivity index (χ3n) is 6.61. The molecule has 5 nitrogen and oxygen atoms in total. The van der Waals surface area contributed by atoms with Gasteiger partial charge in [-0.15, -0.1) is 0 Å². The third-order valence-corrected chi connectivity index (χ3v) is 6.61. The average molecular weight is 334 g/mol. The first-order valence-corrected chi connectivity index (χ1v) is 9.93. The monoisotopic (exact) mass is 334 g/mol. The molecule has 0 aromatic carbocycles.